The first-order chi connectivity index (χ1) is 29.3. The van der Waals surface area contributed by atoms with Crippen molar-refractivity contribution in [2.24, 2.45) is 15.7 Å². The fourth-order valence-corrected chi connectivity index (χ4v) is 0.685. The number of nitrogens with two attached hydrogens (primary N) is 1. The fourth-order valence-electron chi connectivity index (χ4n) is 0.685. The minimum absolute atomic E-state index is 0.583. The number of carboxylic acid groups (broad SMARTS) is 1. The summed E-state index contributed by atoms with van der Waals surface area (Å²) in [5.74, 6) is 1.42. The lowest BCUT2D eigenvalue weighted by Crippen LogP contribution is -1.88. The minimum Gasteiger partial charge on any atom is -0.481 e. The van der Waals surface area contributed by atoms with Gasteiger partial charge in [0.1, 0.15) is 6.29 Å². The first kappa shape index (κ1) is 103. The first-order valence-electron chi connectivity index (χ1n) is 19.6. The molecule has 0 aromatic heterocycles. The van der Waals surface area contributed by atoms with E-state index in [1.54, 1.807) is 26.3 Å². The molecule has 2 atom stereocenters. The fraction of sp³-hybridized carbons (Fsp3) is 0.617. The van der Waals surface area contributed by atoms with Gasteiger partial charge in [0.25, 0.3) is 16.1 Å². The zero-order chi connectivity index (χ0) is 54.5. The summed E-state index contributed by atoms with van der Waals surface area (Å²) in [4.78, 5) is 32.9. The maximum atomic E-state index is 9.19. The molecule has 16 heteroatoms. The molecule has 0 aliphatic carbocycles. The number of aliphatic carboxylic acids is 1. The number of aldehydes is 1. The second-order valence-corrected chi connectivity index (χ2v) is 12.1. The zero-order valence-electron chi connectivity index (χ0n) is 44.2. The second kappa shape index (κ2) is 138. The summed E-state index contributed by atoms with van der Waals surface area (Å²) in [5, 5.41) is 19.7. The molecule has 2 aliphatic heterocycles. The van der Waals surface area contributed by atoms with Gasteiger partial charge in [-0.3, -0.25) is 9.35 Å². The molecule has 0 radical (unpaired) electrons. The van der Waals surface area contributed by atoms with Gasteiger partial charge in [0.05, 0.1) is 24.1 Å². The number of epoxide rings is 1. The number of ether oxygens (including phenoxy) is 1. The van der Waals surface area contributed by atoms with E-state index in [0.717, 1.165) is 45.8 Å². The number of rotatable bonds is 2. The van der Waals surface area contributed by atoms with Crippen LogP contribution in [0.2, 0.25) is 0 Å². The molecule has 2 saturated heterocycles. The number of thiol groups is 1. The van der Waals surface area contributed by atoms with Crippen LogP contribution in [0.1, 0.15) is 131 Å². The van der Waals surface area contributed by atoms with Crippen LogP contribution < -0.4 is 11.1 Å². The van der Waals surface area contributed by atoms with Crippen LogP contribution in [0.5, 0.6) is 0 Å². The number of aliphatic imine (C=N–C) groups is 2. The highest BCUT2D eigenvalue weighted by Crippen LogP contribution is 2.04. The molecule has 2 rings (SSSR count). The van der Waals surface area contributed by atoms with Crippen molar-refractivity contribution in [1.29, 1.82) is 0 Å². The zero-order valence-corrected chi connectivity index (χ0v) is 46.7. The van der Waals surface area contributed by atoms with Gasteiger partial charge in [-0.2, -0.15) is 21.0 Å². The summed E-state index contributed by atoms with van der Waals surface area (Å²) in [6, 6.07) is 0.833. The van der Waals surface area contributed by atoms with Gasteiger partial charge in [-0.05, 0) is 135 Å². The van der Waals surface area contributed by atoms with Crippen LogP contribution in [0.4, 0.5) is 0 Å². The number of nitrogens with zero attached hydrogens (tertiary/aromatic N) is 2. The van der Waals surface area contributed by atoms with Crippen LogP contribution in [0.3, 0.4) is 0 Å². The molecule has 0 amide bonds. The molecule has 0 spiro atoms. The molecule has 6 N–H and O–H groups in total. The van der Waals surface area contributed by atoms with Gasteiger partial charge in [0.2, 0.25) is 6.08 Å². The number of carbonyl (C=O) groups is 2. The number of carbonyl (C=O) groups excluding carboxylic acids is 2. The lowest BCUT2D eigenvalue weighted by atomic mass is 10.3. The standard InChI is InChI=1S/3C5H10.2C4H8.C3H7N.C3H6O.C3H6.C3H4.C2H3NO.C2H3NS.C2H4O2.C2H4O.CH5N.CH4O3S.CH4O.CH4S/c1-4-5(2)3;2*1-3-5-4-2;1-4(2)3;1-3-4-2;2*1-3-2-4-3;2*1-3-2;2*1-3-2-4;1-2(3)4;1-2-3;1-2;1-5(2,3)4;2*1-2/h4H,1-3H3;2*3,5H,4H2,1-2H3;1H2,2-3H3;3-4H,1-2H3;3-4H,2H2,1H3;3H,2H2,1H3;3H,1H2,2H3;1H,2H3;2*1H3;1H3,(H,3,4);2H,1H3;2H2,1H3;1H3,(H,2,3,4);2*2H,1H3. The Kier molecular flexibility index (Phi) is 224. The van der Waals surface area contributed by atoms with Crippen LogP contribution in [-0.4, -0.2) is 113 Å². The third kappa shape index (κ3) is 1430. The molecule has 0 aromatic rings. The number of hydrogen-bond donors (Lipinski definition) is 6. The monoisotopic (exact) mass is 961 g/mol. The quantitative estimate of drug-likeness (QED) is 0.0175. The normalized spacial score (nSPS) is 10.9. The SMILES string of the molecule is C#CC.C=C(C)C.C=CC.CC(=O)O.CC1CN1.CC1CO1.CC=C(C)C.CC=CC.CC=CCC.CC=CCC.CC=O.CN.CN=C=O.CN=C=S.CO.CS.CS(=O)(=O)O. The Hall–Kier alpha value is -3.58. The number of isocyanates is 1. The molecule has 380 valence electrons. The van der Waals surface area contributed by atoms with Crippen LogP contribution in [-0.2, 0) is 29.2 Å². The van der Waals surface area contributed by atoms with Gasteiger partial charge >= 0.3 is 0 Å². The van der Waals surface area contributed by atoms with E-state index < -0.39 is 16.1 Å². The van der Waals surface area contributed by atoms with Crippen molar-refractivity contribution in [3.05, 3.63) is 72.9 Å². The van der Waals surface area contributed by atoms with Crippen LogP contribution in [0.25, 0.3) is 0 Å². The van der Waals surface area contributed by atoms with Gasteiger partial charge in [0.15, 0.2) is 0 Å². The summed E-state index contributed by atoms with van der Waals surface area (Å²) in [5.41, 5.74) is 7.05. The second-order valence-electron chi connectivity index (χ2n) is 10.5. The van der Waals surface area contributed by atoms with E-state index in [1.807, 2.05) is 67.5 Å². The van der Waals surface area contributed by atoms with E-state index >= 15 is 0 Å². The van der Waals surface area contributed by atoms with E-state index in [4.69, 9.17) is 33.9 Å². The first-order valence-corrected chi connectivity index (χ1v) is 22.7. The van der Waals surface area contributed by atoms with Crippen LogP contribution in [0.15, 0.2) is 82.9 Å². The summed E-state index contributed by atoms with van der Waals surface area (Å²) in [6.45, 7) is 41.9. The van der Waals surface area contributed by atoms with Crippen molar-refractivity contribution in [3.8, 4) is 12.3 Å². The largest absolute Gasteiger partial charge is 0.481 e. The van der Waals surface area contributed by atoms with Crippen molar-refractivity contribution in [1.82, 2.24) is 5.32 Å². The van der Waals surface area contributed by atoms with E-state index in [1.165, 1.54) is 44.8 Å². The van der Waals surface area contributed by atoms with Crippen molar-refractivity contribution in [2.75, 3.05) is 53.9 Å². The summed E-state index contributed by atoms with van der Waals surface area (Å²) in [6.07, 6.45) is 28.2. The van der Waals surface area contributed by atoms with Gasteiger partial charge in [0, 0.05) is 40.7 Å². The van der Waals surface area contributed by atoms with Crippen LogP contribution >= 0.6 is 24.8 Å². The van der Waals surface area contributed by atoms with Gasteiger partial charge in [-0.25, -0.2) is 14.8 Å². The maximum absolute atomic E-state index is 9.19. The Bertz CT molecular complexity index is 1070. The number of aliphatic hydroxyl groups is 1. The summed E-state index contributed by atoms with van der Waals surface area (Å²) in [7, 11) is 1.81. The molecule has 2 heterocycles. The molecule has 13 nitrogen and oxygen atoms in total. The molecule has 2 aliphatic rings. The molecular formula is C47H100N4O9S3. The van der Waals surface area contributed by atoms with E-state index in [9.17, 15) is 8.42 Å². The third-order valence-corrected chi connectivity index (χ3v) is 3.33. The topological polar surface area (TPSA) is 231 Å². The number of isothiocyanates is 1. The Labute approximate surface area is 401 Å². The van der Waals surface area contributed by atoms with Crippen molar-refractivity contribution in [2.45, 2.75) is 143 Å². The van der Waals surface area contributed by atoms with E-state index in [2.05, 4.69) is 148 Å². The minimum atomic E-state index is -3.67. The Morgan fingerprint density at radius 2 is 1.06 bits per heavy atom. The molecular weight excluding hydrogens is 861 g/mol. The number of terminal acetylenes is 1. The number of aliphatic hydroxyl groups excluding tert-OH is 1. The smallest absolute Gasteiger partial charge is 0.300 e. The molecule has 0 saturated carbocycles. The Balaban J connectivity index is -0.0000000301. The highest BCUT2D eigenvalue weighted by molar-refractivity contribution is 7.85. The van der Waals surface area contributed by atoms with Gasteiger partial charge < -0.3 is 30.8 Å². The van der Waals surface area contributed by atoms with E-state index in [0.29, 0.717) is 12.4 Å². The van der Waals surface area contributed by atoms with Crippen LogP contribution in [0, 0.1) is 12.3 Å². The highest BCUT2D eigenvalue weighted by Gasteiger charge is 2.13. The number of hydrogen-bond acceptors (Lipinski definition) is 13. The number of carboxylic acids is 1. The Morgan fingerprint density at radius 3 is 1.06 bits per heavy atom. The predicted octanol–water partition coefficient (Wildman–Crippen LogP) is 11.5. The Morgan fingerprint density at radius 1 is 0.921 bits per heavy atom. The van der Waals surface area contributed by atoms with Crippen molar-refractivity contribution < 1.29 is 42.3 Å². The molecule has 0 aromatic carbocycles. The molecule has 2 unspecified atom stereocenters. The predicted molar refractivity (Wildman–Crippen MR) is 290 cm³/mol. The third-order valence-electron chi connectivity index (χ3n) is 3.15. The summed E-state index contributed by atoms with van der Waals surface area (Å²) < 4.78 is 30.6. The lowest BCUT2D eigenvalue weighted by molar-refractivity contribution is -0.134. The number of allylic oxidation sites excluding steroid dienone is 10. The molecule has 0 bridgehead atoms. The van der Waals surface area contributed by atoms with Crippen molar-refractivity contribution in [3.63, 3.8) is 0 Å². The molecule has 63 heavy (non-hydrogen) atoms. The number of thiocarbonyl (C=S) groups is 1. The average molecular weight is 962 g/mol. The molecule has 2 fully saturated rings. The maximum Gasteiger partial charge on any atom is 0.300 e. The van der Waals surface area contributed by atoms with Crippen molar-refractivity contribution >= 4 is 58.5 Å². The van der Waals surface area contributed by atoms with E-state index in [-0.39, 0.29) is 0 Å². The highest BCUT2D eigenvalue weighted by atomic mass is 32.2. The van der Waals surface area contributed by atoms with Gasteiger partial charge in [-0.15, -0.1) is 25.5 Å². The lowest BCUT2D eigenvalue weighted by Gasteiger charge is -1.74. The van der Waals surface area contributed by atoms with Gasteiger partial charge in [-0.1, -0.05) is 73.6 Å². The average Bonchev–Trinajstić information content (AvgIpc) is 4.18. The summed E-state index contributed by atoms with van der Waals surface area (Å²) >= 11 is 7.66. The number of nitrogens with one attached hydrogen (secondary N) is 1.